The van der Waals surface area contributed by atoms with Crippen molar-refractivity contribution in [1.29, 1.82) is 0 Å². The summed E-state index contributed by atoms with van der Waals surface area (Å²) in [6.07, 6.45) is 0.767. The number of benzene rings is 2. The van der Waals surface area contributed by atoms with Crippen LogP contribution in [-0.4, -0.2) is 33.7 Å². The van der Waals surface area contributed by atoms with Gasteiger partial charge in [-0.1, -0.05) is 6.07 Å². The number of anilines is 2. The molecule has 0 aliphatic carbocycles. The number of amides is 1. The molecule has 0 bridgehead atoms. The first-order chi connectivity index (χ1) is 12.2. The van der Waals surface area contributed by atoms with Crippen LogP contribution in [0.5, 0.6) is 5.75 Å². The highest BCUT2D eigenvalue weighted by atomic mass is 32.2. The molecule has 0 unspecified atom stereocenters. The average Bonchev–Trinajstić information content (AvgIpc) is 2.55. The fraction of sp³-hybridized carbons (Fsp3) is 0.235. The second-order valence-electron chi connectivity index (χ2n) is 5.35. The van der Waals surface area contributed by atoms with Gasteiger partial charge in [0.15, 0.2) is 11.6 Å². The number of hydrogen-bond donors (Lipinski definition) is 1. The Kier molecular flexibility index (Phi) is 6.14. The summed E-state index contributed by atoms with van der Waals surface area (Å²) in [5.41, 5.74) is -0.405. The van der Waals surface area contributed by atoms with Crippen LogP contribution in [0, 0.1) is 11.6 Å². The molecule has 2 aromatic rings. The number of hydrogen-bond acceptors (Lipinski definition) is 4. The van der Waals surface area contributed by atoms with Crippen molar-refractivity contribution >= 4 is 27.3 Å². The lowest BCUT2D eigenvalue weighted by molar-refractivity contribution is -0.114. The summed E-state index contributed by atoms with van der Waals surface area (Å²) in [5.74, 6) is -2.30. The Hall–Kier alpha value is -2.68. The van der Waals surface area contributed by atoms with Crippen molar-refractivity contribution in [2.24, 2.45) is 0 Å². The summed E-state index contributed by atoms with van der Waals surface area (Å²) >= 11 is 0. The zero-order valence-electron chi connectivity index (χ0n) is 14.2. The van der Waals surface area contributed by atoms with Crippen LogP contribution in [0.2, 0.25) is 0 Å². The normalized spacial score (nSPS) is 11.1. The summed E-state index contributed by atoms with van der Waals surface area (Å²) in [6.45, 7) is 1.55. The first kappa shape index (κ1) is 19.6. The summed E-state index contributed by atoms with van der Waals surface area (Å²) < 4.78 is 57.4. The number of halogens is 2. The molecule has 0 aromatic heterocycles. The Morgan fingerprint density at radius 2 is 1.69 bits per heavy atom. The van der Waals surface area contributed by atoms with Gasteiger partial charge in [-0.25, -0.2) is 17.2 Å². The molecule has 0 spiro atoms. The minimum Gasteiger partial charge on any atom is -0.494 e. The van der Waals surface area contributed by atoms with E-state index in [4.69, 9.17) is 4.74 Å². The highest BCUT2D eigenvalue weighted by Crippen LogP contribution is 2.25. The van der Waals surface area contributed by atoms with E-state index in [0.717, 1.165) is 24.5 Å². The van der Waals surface area contributed by atoms with E-state index in [1.807, 2.05) is 6.92 Å². The van der Waals surface area contributed by atoms with Crippen LogP contribution >= 0.6 is 0 Å². The zero-order chi connectivity index (χ0) is 19.3. The molecule has 6 nitrogen and oxygen atoms in total. The summed E-state index contributed by atoms with van der Waals surface area (Å²) in [4.78, 5) is 12.2. The molecule has 1 amide bonds. The van der Waals surface area contributed by atoms with Gasteiger partial charge < -0.3 is 10.1 Å². The molecule has 9 heteroatoms. The van der Waals surface area contributed by atoms with Gasteiger partial charge in [0, 0.05) is 5.69 Å². The molecule has 0 radical (unpaired) electrons. The highest BCUT2D eigenvalue weighted by molar-refractivity contribution is 7.92. The summed E-state index contributed by atoms with van der Waals surface area (Å²) in [5, 5.41) is 2.48. The number of para-hydroxylation sites is 1. The maximum absolute atomic E-state index is 13.9. The molecule has 1 N–H and O–H groups in total. The Labute approximate surface area is 150 Å². The standard InChI is InChI=1S/C17H18F2N2O4S/c1-3-25-13-9-7-12(8-10-13)20-16(22)11-21(26(2,23)24)17-14(18)5-4-6-15(17)19/h4-10H,3,11H2,1-2H3,(H,20,22). The maximum atomic E-state index is 13.9. The van der Waals surface area contributed by atoms with Crippen LogP contribution in [0.4, 0.5) is 20.2 Å². The lowest BCUT2D eigenvalue weighted by Crippen LogP contribution is -2.38. The smallest absolute Gasteiger partial charge is 0.245 e. The van der Waals surface area contributed by atoms with E-state index in [1.165, 1.54) is 0 Å². The Morgan fingerprint density at radius 3 is 2.19 bits per heavy atom. The van der Waals surface area contributed by atoms with Gasteiger partial charge in [0.05, 0.1) is 12.9 Å². The van der Waals surface area contributed by atoms with Gasteiger partial charge in [-0.05, 0) is 43.3 Å². The van der Waals surface area contributed by atoms with Crippen molar-refractivity contribution in [2.75, 3.05) is 29.0 Å². The van der Waals surface area contributed by atoms with E-state index < -0.39 is 39.8 Å². The molecule has 0 aliphatic rings. The maximum Gasteiger partial charge on any atom is 0.245 e. The number of ether oxygens (including phenoxy) is 1. The fourth-order valence-corrected chi connectivity index (χ4v) is 3.08. The summed E-state index contributed by atoms with van der Waals surface area (Å²) in [7, 11) is -4.09. The molecule has 0 saturated heterocycles. The predicted octanol–water partition coefficient (Wildman–Crippen LogP) is 2.77. The van der Waals surface area contributed by atoms with Gasteiger partial charge in [0.25, 0.3) is 0 Å². The average molecular weight is 384 g/mol. The van der Waals surface area contributed by atoms with Crippen molar-refractivity contribution in [3.05, 3.63) is 54.1 Å². The molecule has 140 valence electrons. The van der Waals surface area contributed by atoms with Crippen molar-refractivity contribution < 1.29 is 26.7 Å². The quantitative estimate of drug-likeness (QED) is 0.797. The number of carbonyl (C=O) groups is 1. The molecule has 26 heavy (non-hydrogen) atoms. The largest absolute Gasteiger partial charge is 0.494 e. The molecule has 0 saturated carbocycles. The molecule has 0 atom stereocenters. The molecular weight excluding hydrogens is 366 g/mol. The van der Waals surface area contributed by atoms with Crippen LogP contribution in [0.25, 0.3) is 0 Å². The number of nitrogens with zero attached hydrogens (tertiary/aromatic N) is 1. The number of sulfonamides is 1. The fourth-order valence-electron chi connectivity index (χ4n) is 2.22. The molecule has 0 heterocycles. The Morgan fingerprint density at radius 1 is 1.12 bits per heavy atom. The zero-order valence-corrected chi connectivity index (χ0v) is 15.0. The van der Waals surface area contributed by atoms with Crippen LogP contribution < -0.4 is 14.4 Å². The highest BCUT2D eigenvalue weighted by Gasteiger charge is 2.26. The number of carbonyl (C=O) groups excluding carboxylic acids is 1. The monoisotopic (exact) mass is 384 g/mol. The lowest BCUT2D eigenvalue weighted by Gasteiger charge is -2.22. The van der Waals surface area contributed by atoms with E-state index in [0.29, 0.717) is 22.3 Å². The molecular formula is C17H18F2N2O4S. The Bertz CT molecular complexity index is 866. The van der Waals surface area contributed by atoms with Gasteiger partial charge in [-0.2, -0.15) is 0 Å². The molecule has 2 rings (SSSR count). The van der Waals surface area contributed by atoms with Gasteiger partial charge >= 0.3 is 0 Å². The van der Waals surface area contributed by atoms with E-state index in [2.05, 4.69) is 5.32 Å². The van der Waals surface area contributed by atoms with Gasteiger partial charge in [-0.15, -0.1) is 0 Å². The van der Waals surface area contributed by atoms with Crippen molar-refractivity contribution in [3.8, 4) is 5.75 Å². The van der Waals surface area contributed by atoms with E-state index in [-0.39, 0.29) is 0 Å². The van der Waals surface area contributed by atoms with Crippen LogP contribution in [0.3, 0.4) is 0 Å². The second kappa shape index (κ2) is 8.13. The molecule has 2 aromatic carbocycles. The van der Waals surface area contributed by atoms with Gasteiger partial charge in [-0.3, -0.25) is 9.10 Å². The lowest BCUT2D eigenvalue weighted by atomic mass is 10.3. The van der Waals surface area contributed by atoms with E-state index in [1.54, 1.807) is 24.3 Å². The first-order valence-electron chi connectivity index (χ1n) is 7.66. The first-order valence-corrected chi connectivity index (χ1v) is 9.51. The van der Waals surface area contributed by atoms with Crippen molar-refractivity contribution in [2.45, 2.75) is 6.92 Å². The SMILES string of the molecule is CCOc1ccc(NC(=O)CN(c2c(F)cccc2F)S(C)(=O)=O)cc1. The van der Waals surface area contributed by atoms with Crippen LogP contribution in [0.15, 0.2) is 42.5 Å². The van der Waals surface area contributed by atoms with Crippen LogP contribution in [-0.2, 0) is 14.8 Å². The third kappa shape index (κ3) is 4.92. The van der Waals surface area contributed by atoms with Gasteiger partial charge in [0.1, 0.15) is 18.0 Å². The third-order valence-electron chi connectivity index (χ3n) is 3.32. The Balaban J connectivity index is 2.20. The van der Waals surface area contributed by atoms with E-state index in [9.17, 15) is 22.0 Å². The molecule has 0 fully saturated rings. The topological polar surface area (TPSA) is 75.7 Å². The third-order valence-corrected chi connectivity index (χ3v) is 4.44. The van der Waals surface area contributed by atoms with Crippen molar-refractivity contribution in [1.82, 2.24) is 0 Å². The minimum atomic E-state index is -4.09. The van der Waals surface area contributed by atoms with Crippen LogP contribution in [0.1, 0.15) is 6.92 Å². The van der Waals surface area contributed by atoms with Gasteiger partial charge in [0.2, 0.25) is 15.9 Å². The number of nitrogens with one attached hydrogen (secondary N) is 1. The summed E-state index contributed by atoms with van der Waals surface area (Å²) in [6, 6.07) is 9.33. The molecule has 0 aliphatic heterocycles. The van der Waals surface area contributed by atoms with E-state index >= 15 is 0 Å². The predicted molar refractivity (Wildman–Crippen MR) is 94.8 cm³/mol. The number of rotatable bonds is 7. The minimum absolute atomic E-state index is 0.390. The second-order valence-corrected chi connectivity index (χ2v) is 7.25. The van der Waals surface area contributed by atoms with Crippen molar-refractivity contribution in [3.63, 3.8) is 0 Å².